The standard InChI is InChI=1S/C15H16N2O3S/c1-9-15(21-10(2)17-9)12-5-3-11(4-6-12)13(16-8-18)7-14(19)20/h3-6,8,13H,7H2,1-2H3,(H,16,18)(H,19,20). The monoisotopic (exact) mass is 304 g/mol. The van der Waals surface area contributed by atoms with Crippen LogP contribution in [0.2, 0.25) is 0 Å². The molecule has 2 aromatic rings. The van der Waals surface area contributed by atoms with E-state index in [0.29, 0.717) is 6.41 Å². The quantitative estimate of drug-likeness (QED) is 0.804. The molecular weight excluding hydrogens is 288 g/mol. The van der Waals surface area contributed by atoms with Gasteiger partial charge in [0, 0.05) is 0 Å². The van der Waals surface area contributed by atoms with E-state index in [1.165, 1.54) is 0 Å². The molecule has 1 atom stereocenters. The SMILES string of the molecule is Cc1nc(C)c(-c2ccc(C(CC(=O)O)NC=O)cc2)s1. The van der Waals surface area contributed by atoms with Gasteiger partial charge in [0.2, 0.25) is 6.41 Å². The maximum atomic E-state index is 10.8. The lowest BCUT2D eigenvalue weighted by Gasteiger charge is -2.14. The fraction of sp³-hybridized carbons (Fsp3) is 0.267. The smallest absolute Gasteiger partial charge is 0.305 e. The number of carbonyl (C=O) groups is 2. The van der Waals surface area contributed by atoms with Gasteiger partial charge in [-0.05, 0) is 25.0 Å². The molecule has 0 aliphatic heterocycles. The average Bonchev–Trinajstić information content (AvgIpc) is 2.77. The van der Waals surface area contributed by atoms with E-state index in [4.69, 9.17) is 5.11 Å². The zero-order chi connectivity index (χ0) is 15.4. The molecule has 21 heavy (non-hydrogen) atoms. The number of amides is 1. The van der Waals surface area contributed by atoms with E-state index in [9.17, 15) is 9.59 Å². The van der Waals surface area contributed by atoms with Crippen molar-refractivity contribution >= 4 is 23.7 Å². The van der Waals surface area contributed by atoms with E-state index in [1.807, 2.05) is 38.1 Å². The fourth-order valence-corrected chi connectivity index (χ4v) is 3.12. The van der Waals surface area contributed by atoms with Crippen LogP contribution in [0.5, 0.6) is 0 Å². The lowest BCUT2D eigenvalue weighted by molar-refractivity contribution is -0.137. The molecular formula is C15H16N2O3S. The zero-order valence-corrected chi connectivity index (χ0v) is 12.6. The second-order valence-electron chi connectivity index (χ2n) is 4.70. The Hall–Kier alpha value is -2.21. The van der Waals surface area contributed by atoms with Crippen molar-refractivity contribution in [1.82, 2.24) is 10.3 Å². The topological polar surface area (TPSA) is 79.3 Å². The van der Waals surface area contributed by atoms with Gasteiger partial charge in [0.25, 0.3) is 0 Å². The minimum atomic E-state index is -0.952. The Morgan fingerprint density at radius 1 is 1.38 bits per heavy atom. The van der Waals surface area contributed by atoms with Gasteiger partial charge in [0.15, 0.2) is 0 Å². The molecule has 2 rings (SSSR count). The molecule has 1 amide bonds. The summed E-state index contributed by atoms with van der Waals surface area (Å²) in [5, 5.41) is 12.4. The average molecular weight is 304 g/mol. The van der Waals surface area contributed by atoms with Gasteiger partial charge in [-0.15, -0.1) is 11.3 Å². The van der Waals surface area contributed by atoms with Crippen molar-refractivity contribution in [2.45, 2.75) is 26.3 Å². The largest absolute Gasteiger partial charge is 0.481 e. The zero-order valence-electron chi connectivity index (χ0n) is 11.8. The highest BCUT2D eigenvalue weighted by atomic mass is 32.1. The summed E-state index contributed by atoms with van der Waals surface area (Å²) in [6.07, 6.45) is 0.384. The molecule has 0 bridgehead atoms. The van der Waals surface area contributed by atoms with E-state index in [0.717, 1.165) is 26.7 Å². The predicted molar refractivity (Wildman–Crippen MR) is 81.2 cm³/mol. The Balaban J connectivity index is 2.26. The lowest BCUT2D eigenvalue weighted by atomic mass is 10.0. The van der Waals surface area contributed by atoms with Crippen LogP contribution in [0.4, 0.5) is 0 Å². The van der Waals surface area contributed by atoms with Crippen molar-refractivity contribution in [3.8, 4) is 10.4 Å². The molecule has 110 valence electrons. The van der Waals surface area contributed by atoms with E-state index in [1.54, 1.807) is 11.3 Å². The summed E-state index contributed by atoms with van der Waals surface area (Å²) in [6.45, 7) is 3.93. The first-order chi connectivity index (χ1) is 10.0. The van der Waals surface area contributed by atoms with Crippen molar-refractivity contribution in [2.75, 3.05) is 0 Å². The molecule has 1 unspecified atom stereocenters. The minimum Gasteiger partial charge on any atom is -0.481 e. The number of nitrogens with one attached hydrogen (secondary N) is 1. The normalized spacial score (nSPS) is 11.9. The number of rotatable bonds is 6. The highest BCUT2D eigenvalue weighted by molar-refractivity contribution is 7.15. The van der Waals surface area contributed by atoms with Crippen molar-refractivity contribution in [3.05, 3.63) is 40.5 Å². The van der Waals surface area contributed by atoms with Crippen LogP contribution in [-0.2, 0) is 9.59 Å². The highest BCUT2D eigenvalue weighted by Crippen LogP contribution is 2.30. The first-order valence-electron chi connectivity index (χ1n) is 6.47. The molecule has 1 aromatic carbocycles. The minimum absolute atomic E-state index is 0.142. The number of nitrogens with zero attached hydrogens (tertiary/aromatic N) is 1. The Bertz CT molecular complexity index is 649. The Kier molecular flexibility index (Phi) is 4.70. The third kappa shape index (κ3) is 3.66. The van der Waals surface area contributed by atoms with Crippen LogP contribution in [0.1, 0.15) is 28.7 Å². The predicted octanol–water partition coefficient (Wildman–Crippen LogP) is 2.69. The Morgan fingerprint density at radius 2 is 2.05 bits per heavy atom. The number of benzene rings is 1. The van der Waals surface area contributed by atoms with Crippen molar-refractivity contribution in [2.24, 2.45) is 0 Å². The van der Waals surface area contributed by atoms with Gasteiger partial charge in [-0.3, -0.25) is 9.59 Å². The van der Waals surface area contributed by atoms with E-state index in [-0.39, 0.29) is 6.42 Å². The summed E-state index contributed by atoms with van der Waals surface area (Å²) >= 11 is 1.63. The third-order valence-electron chi connectivity index (χ3n) is 3.13. The van der Waals surface area contributed by atoms with Gasteiger partial charge < -0.3 is 10.4 Å². The number of aliphatic carboxylic acids is 1. The summed E-state index contributed by atoms with van der Waals surface area (Å²) in [5.41, 5.74) is 2.80. The molecule has 0 aliphatic rings. The summed E-state index contributed by atoms with van der Waals surface area (Å²) in [5.74, 6) is -0.952. The van der Waals surface area contributed by atoms with E-state index >= 15 is 0 Å². The number of hydrogen-bond acceptors (Lipinski definition) is 4. The molecule has 1 aromatic heterocycles. The maximum Gasteiger partial charge on any atom is 0.305 e. The molecule has 0 aliphatic carbocycles. The second-order valence-corrected chi connectivity index (χ2v) is 5.91. The van der Waals surface area contributed by atoms with Gasteiger partial charge in [0.05, 0.1) is 28.0 Å². The van der Waals surface area contributed by atoms with Crippen LogP contribution >= 0.6 is 11.3 Å². The Morgan fingerprint density at radius 3 is 2.52 bits per heavy atom. The summed E-state index contributed by atoms with van der Waals surface area (Å²) in [7, 11) is 0. The maximum absolute atomic E-state index is 10.8. The van der Waals surface area contributed by atoms with Gasteiger partial charge in [-0.1, -0.05) is 24.3 Å². The van der Waals surface area contributed by atoms with Crippen LogP contribution in [0.15, 0.2) is 24.3 Å². The lowest BCUT2D eigenvalue weighted by Crippen LogP contribution is -2.22. The number of carbonyl (C=O) groups excluding carboxylic acids is 1. The number of aromatic nitrogens is 1. The number of thiazole rings is 1. The van der Waals surface area contributed by atoms with Crippen molar-refractivity contribution < 1.29 is 14.7 Å². The number of carboxylic acids is 1. The van der Waals surface area contributed by atoms with E-state index in [2.05, 4.69) is 10.3 Å². The van der Waals surface area contributed by atoms with Crippen molar-refractivity contribution in [1.29, 1.82) is 0 Å². The van der Waals surface area contributed by atoms with Gasteiger partial charge in [0.1, 0.15) is 0 Å². The molecule has 0 radical (unpaired) electrons. The first-order valence-corrected chi connectivity index (χ1v) is 7.28. The van der Waals surface area contributed by atoms with Crippen LogP contribution in [-0.4, -0.2) is 22.5 Å². The van der Waals surface area contributed by atoms with Crippen LogP contribution in [0.3, 0.4) is 0 Å². The summed E-state index contributed by atoms with van der Waals surface area (Å²) in [4.78, 5) is 26.9. The number of aryl methyl sites for hydroxylation is 2. The molecule has 0 saturated heterocycles. The molecule has 2 N–H and O–H groups in total. The fourth-order valence-electron chi connectivity index (χ4n) is 2.20. The number of carboxylic acid groups (broad SMARTS) is 1. The third-order valence-corrected chi connectivity index (χ3v) is 4.25. The second kappa shape index (κ2) is 6.49. The summed E-state index contributed by atoms with van der Waals surface area (Å²) < 4.78 is 0. The molecule has 1 heterocycles. The molecule has 6 heteroatoms. The highest BCUT2D eigenvalue weighted by Gasteiger charge is 2.15. The molecule has 0 spiro atoms. The Labute approximate surface area is 126 Å². The summed E-state index contributed by atoms with van der Waals surface area (Å²) in [6, 6.07) is 7.02. The molecule has 0 fully saturated rings. The van der Waals surface area contributed by atoms with Gasteiger partial charge in [-0.25, -0.2) is 4.98 Å². The van der Waals surface area contributed by atoms with Crippen LogP contribution in [0.25, 0.3) is 10.4 Å². The van der Waals surface area contributed by atoms with Crippen molar-refractivity contribution in [3.63, 3.8) is 0 Å². The molecule has 5 nitrogen and oxygen atoms in total. The number of hydrogen-bond donors (Lipinski definition) is 2. The molecule has 0 saturated carbocycles. The van der Waals surface area contributed by atoms with E-state index < -0.39 is 12.0 Å². The van der Waals surface area contributed by atoms with Gasteiger partial charge in [-0.2, -0.15) is 0 Å². The van der Waals surface area contributed by atoms with Crippen LogP contribution in [0, 0.1) is 13.8 Å². The van der Waals surface area contributed by atoms with Gasteiger partial charge >= 0.3 is 5.97 Å². The first kappa shape index (κ1) is 15.2. The van der Waals surface area contributed by atoms with Crippen LogP contribution < -0.4 is 5.32 Å².